The Morgan fingerprint density at radius 3 is 3.11 bits per heavy atom. The largest absolute Gasteiger partial charge is 0.378 e. The fourth-order valence-electron chi connectivity index (χ4n) is 2.29. The van der Waals surface area contributed by atoms with Crippen LogP contribution in [0.1, 0.15) is 31.5 Å². The van der Waals surface area contributed by atoms with E-state index in [2.05, 4.69) is 15.3 Å². The van der Waals surface area contributed by atoms with Crippen molar-refractivity contribution in [2.75, 3.05) is 6.61 Å². The highest BCUT2D eigenvalue weighted by Crippen LogP contribution is 2.17. The van der Waals surface area contributed by atoms with E-state index in [1.54, 1.807) is 10.6 Å². The number of aryl methyl sites for hydroxylation is 1. The van der Waals surface area contributed by atoms with Gasteiger partial charge in [0.2, 0.25) is 0 Å². The van der Waals surface area contributed by atoms with Crippen molar-refractivity contribution in [3.8, 4) is 0 Å². The zero-order valence-corrected chi connectivity index (χ0v) is 10.8. The zero-order chi connectivity index (χ0) is 12.4. The second-order valence-corrected chi connectivity index (χ2v) is 4.96. The monoisotopic (exact) mass is 266 g/mol. The lowest BCUT2D eigenvalue weighted by Gasteiger charge is -2.21. The van der Waals surface area contributed by atoms with Crippen LogP contribution in [0.2, 0.25) is 5.15 Å². The van der Waals surface area contributed by atoms with Gasteiger partial charge in [-0.3, -0.25) is 0 Å². The summed E-state index contributed by atoms with van der Waals surface area (Å²) in [5.41, 5.74) is 0.735. The fraction of sp³-hybridized carbons (Fsp3) is 0.583. The van der Waals surface area contributed by atoms with Gasteiger partial charge in [-0.1, -0.05) is 11.6 Å². The molecule has 0 bridgehead atoms. The van der Waals surface area contributed by atoms with Crippen LogP contribution in [0.3, 0.4) is 0 Å². The van der Waals surface area contributed by atoms with Crippen LogP contribution in [0.5, 0.6) is 0 Å². The van der Waals surface area contributed by atoms with Crippen molar-refractivity contribution in [2.45, 2.75) is 38.2 Å². The third-order valence-corrected chi connectivity index (χ3v) is 3.46. The van der Waals surface area contributed by atoms with Crippen LogP contribution in [-0.2, 0) is 11.2 Å². The SMILES string of the molecule is Clc1ccc2nnc(CCC3CCCCO3)n2n1. The molecule has 5 nitrogen and oxygen atoms in total. The van der Waals surface area contributed by atoms with E-state index in [1.807, 2.05) is 6.07 Å². The first kappa shape index (κ1) is 11.9. The molecule has 1 saturated heterocycles. The maximum Gasteiger partial charge on any atom is 0.178 e. The van der Waals surface area contributed by atoms with Crippen LogP contribution in [0.4, 0.5) is 0 Å². The summed E-state index contributed by atoms with van der Waals surface area (Å²) in [5.74, 6) is 0.849. The van der Waals surface area contributed by atoms with E-state index in [-0.39, 0.29) is 0 Å². The summed E-state index contributed by atoms with van der Waals surface area (Å²) in [5, 5.41) is 12.9. The molecule has 1 aliphatic heterocycles. The Kier molecular flexibility index (Phi) is 3.43. The van der Waals surface area contributed by atoms with Crippen molar-refractivity contribution in [1.29, 1.82) is 0 Å². The van der Waals surface area contributed by atoms with E-state index in [4.69, 9.17) is 16.3 Å². The highest BCUT2D eigenvalue weighted by Gasteiger charge is 2.15. The summed E-state index contributed by atoms with van der Waals surface area (Å²) >= 11 is 5.88. The maximum atomic E-state index is 5.88. The van der Waals surface area contributed by atoms with Gasteiger partial charge in [0.1, 0.15) is 5.15 Å². The van der Waals surface area contributed by atoms with Gasteiger partial charge in [0, 0.05) is 13.0 Å². The minimum absolute atomic E-state index is 0.352. The topological polar surface area (TPSA) is 52.3 Å². The van der Waals surface area contributed by atoms with Crippen molar-refractivity contribution in [2.24, 2.45) is 0 Å². The molecule has 1 atom stereocenters. The molecule has 0 saturated carbocycles. The number of rotatable bonds is 3. The highest BCUT2D eigenvalue weighted by molar-refractivity contribution is 6.29. The van der Waals surface area contributed by atoms with Crippen molar-refractivity contribution in [3.05, 3.63) is 23.1 Å². The standard InChI is InChI=1S/C12H15ClN4O/c13-10-5-7-12-15-14-11(17(12)16-10)6-4-9-3-1-2-8-18-9/h5,7,9H,1-4,6,8H2. The van der Waals surface area contributed by atoms with Crippen molar-refractivity contribution in [3.63, 3.8) is 0 Å². The minimum Gasteiger partial charge on any atom is -0.378 e. The van der Waals surface area contributed by atoms with E-state index in [0.717, 1.165) is 37.3 Å². The molecule has 3 heterocycles. The van der Waals surface area contributed by atoms with Gasteiger partial charge in [-0.2, -0.15) is 9.61 Å². The zero-order valence-electron chi connectivity index (χ0n) is 10.0. The third-order valence-electron chi connectivity index (χ3n) is 3.26. The number of halogens is 1. The number of aromatic nitrogens is 4. The van der Waals surface area contributed by atoms with E-state index < -0.39 is 0 Å². The average Bonchev–Trinajstić information content (AvgIpc) is 2.80. The molecule has 0 amide bonds. The number of hydrogen-bond acceptors (Lipinski definition) is 4. The number of hydrogen-bond donors (Lipinski definition) is 0. The number of fused-ring (bicyclic) bond motifs is 1. The van der Waals surface area contributed by atoms with E-state index >= 15 is 0 Å². The van der Waals surface area contributed by atoms with Crippen molar-refractivity contribution in [1.82, 2.24) is 19.8 Å². The molecule has 1 unspecified atom stereocenters. The molecule has 0 radical (unpaired) electrons. The lowest BCUT2D eigenvalue weighted by Crippen LogP contribution is -2.20. The van der Waals surface area contributed by atoms with E-state index in [9.17, 15) is 0 Å². The quantitative estimate of drug-likeness (QED) is 0.855. The Hall–Kier alpha value is -1.20. The van der Waals surface area contributed by atoms with Crippen molar-refractivity contribution < 1.29 is 4.74 Å². The van der Waals surface area contributed by atoms with Crippen molar-refractivity contribution >= 4 is 17.2 Å². The molecule has 6 heteroatoms. The molecule has 0 aliphatic carbocycles. The van der Waals surface area contributed by atoms with Gasteiger partial charge in [-0.25, -0.2) is 0 Å². The Labute approximate surface area is 110 Å². The van der Waals surface area contributed by atoms with Crippen LogP contribution in [0, 0.1) is 0 Å². The van der Waals surface area contributed by atoms with Gasteiger partial charge >= 0.3 is 0 Å². The predicted octanol–water partition coefficient (Wildman–Crippen LogP) is 2.28. The summed E-state index contributed by atoms with van der Waals surface area (Å²) in [7, 11) is 0. The summed E-state index contributed by atoms with van der Waals surface area (Å²) in [6.45, 7) is 0.884. The van der Waals surface area contributed by atoms with E-state index in [1.165, 1.54) is 12.8 Å². The van der Waals surface area contributed by atoms with Crippen LogP contribution in [0.25, 0.3) is 5.65 Å². The molecule has 96 valence electrons. The first-order chi connectivity index (χ1) is 8.83. The smallest absolute Gasteiger partial charge is 0.178 e. The van der Waals surface area contributed by atoms with Crippen LogP contribution < -0.4 is 0 Å². The second-order valence-electron chi connectivity index (χ2n) is 4.57. The molecule has 2 aromatic heterocycles. The Bertz CT molecular complexity index is 536. The Balaban J connectivity index is 1.72. The molecule has 0 N–H and O–H groups in total. The second kappa shape index (κ2) is 5.20. The minimum atomic E-state index is 0.352. The van der Waals surface area contributed by atoms with Gasteiger partial charge in [-0.05, 0) is 37.8 Å². The molecular weight excluding hydrogens is 252 g/mol. The molecule has 1 aliphatic rings. The molecule has 0 aromatic carbocycles. The molecule has 18 heavy (non-hydrogen) atoms. The lowest BCUT2D eigenvalue weighted by molar-refractivity contribution is 0.0111. The van der Waals surface area contributed by atoms with E-state index in [0.29, 0.717) is 11.3 Å². The first-order valence-electron chi connectivity index (χ1n) is 6.31. The lowest BCUT2D eigenvalue weighted by atomic mass is 10.0. The number of nitrogens with zero attached hydrogens (tertiary/aromatic N) is 4. The molecular formula is C12H15ClN4O. The molecule has 3 rings (SSSR count). The predicted molar refractivity (Wildman–Crippen MR) is 67.7 cm³/mol. The van der Waals surface area contributed by atoms with Crippen LogP contribution in [0.15, 0.2) is 12.1 Å². The maximum absolute atomic E-state index is 5.88. The fourth-order valence-corrected chi connectivity index (χ4v) is 2.43. The molecule has 1 fully saturated rings. The third kappa shape index (κ3) is 2.47. The van der Waals surface area contributed by atoms with Crippen LogP contribution >= 0.6 is 11.6 Å². The van der Waals surface area contributed by atoms with Crippen LogP contribution in [-0.4, -0.2) is 32.5 Å². The molecule has 2 aromatic rings. The normalized spacial score (nSPS) is 20.4. The van der Waals surface area contributed by atoms with Gasteiger partial charge in [0.05, 0.1) is 6.10 Å². The first-order valence-corrected chi connectivity index (χ1v) is 6.69. The summed E-state index contributed by atoms with van der Waals surface area (Å²) in [6, 6.07) is 3.54. The summed E-state index contributed by atoms with van der Waals surface area (Å²) in [4.78, 5) is 0. The Morgan fingerprint density at radius 2 is 2.28 bits per heavy atom. The highest BCUT2D eigenvalue weighted by atomic mass is 35.5. The van der Waals surface area contributed by atoms with Gasteiger partial charge < -0.3 is 4.74 Å². The number of ether oxygens (including phenoxy) is 1. The van der Waals surface area contributed by atoms with Gasteiger partial charge in [0.25, 0.3) is 0 Å². The summed E-state index contributed by atoms with van der Waals surface area (Å²) < 4.78 is 7.42. The van der Waals surface area contributed by atoms with Gasteiger partial charge in [0.15, 0.2) is 11.5 Å². The summed E-state index contributed by atoms with van der Waals surface area (Å²) in [6.07, 6.45) is 5.72. The Morgan fingerprint density at radius 1 is 1.33 bits per heavy atom. The molecule has 0 spiro atoms. The average molecular weight is 267 g/mol. The van der Waals surface area contributed by atoms with Gasteiger partial charge in [-0.15, -0.1) is 10.2 Å².